The van der Waals surface area contributed by atoms with Crippen LogP contribution in [-0.4, -0.2) is 15.7 Å². The first kappa shape index (κ1) is 23.6. The van der Waals surface area contributed by atoms with Gasteiger partial charge in [-0.2, -0.15) is 5.10 Å². The normalized spacial score (nSPS) is 11.0. The van der Waals surface area contributed by atoms with E-state index in [1.807, 2.05) is 13.1 Å². The molecule has 12 heteroatoms. The number of furan rings is 1. The summed E-state index contributed by atoms with van der Waals surface area (Å²) in [6.07, 6.45) is 1.84. The van der Waals surface area contributed by atoms with E-state index in [2.05, 4.69) is 26.3 Å². The van der Waals surface area contributed by atoms with Gasteiger partial charge in [0.25, 0.3) is 5.91 Å². The van der Waals surface area contributed by atoms with Crippen LogP contribution < -0.4 is 10.1 Å². The molecule has 0 bridgehead atoms. The van der Waals surface area contributed by atoms with Gasteiger partial charge in [-0.1, -0.05) is 58.0 Å². The molecule has 0 saturated carbocycles. The minimum atomic E-state index is -0.396. The third-order valence-electron chi connectivity index (χ3n) is 3.94. The third-order valence-corrected chi connectivity index (χ3v) is 6.85. The van der Waals surface area contributed by atoms with Crippen molar-refractivity contribution in [3.8, 4) is 5.75 Å². The van der Waals surface area contributed by atoms with Gasteiger partial charge < -0.3 is 14.5 Å². The molecule has 0 spiro atoms. The number of carbonyl (C=O) groups excluding carboxylic acids is 1. The molecule has 0 unspecified atom stereocenters. The Morgan fingerprint density at radius 2 is 1.77 bits per heavy atom. The molecule has 2 aromatic heterocycles. The molecule has 0 radical (unpaired) electrons. The Balaban J connectivity index is 1.64. The van der Waals surface area contributed by atoms with Crippen molar-refractivity contribution in [1.29, 1.82) is 0 Å². The van der Waals surface area contributed by atoms with Crippen molar-refractivity contribution in [2.24, 2.45) is 0 Å². The second-order valence-electron chi connectivity index (χ2n) is 5.92. The molecule has 3 aromatic rings. The maximum Gasteiger partial charge on any atom is 0.287 e. The lowest BCUT2D eigenvalue weighted by Gasteiger charge is -2.12. The van der Waals surface area contributed by atoms with E-state index in [9.17, 15) is 4.79 Å². The topological polar surface area (TPSA) is 69.3 Å². The molecule has 1 amide bonds. The lowest BCUT2D eigenvalue weighted by Crippen LogP contribution is -2.22. The molecule has 1 aromatic carbocycles. The van der Waals surface area contributed by atoms with Crippen LogP contribution in [0.25, 0.3) is 0 Å². The molecular formula is C18H13BrCl5N3O3. The zero-order chi connectivity index (χ0) is 22.0. The summed E-state index contributed by atoms with van der Waals surface area (Å²) in [5.74, 6) is 0.152. The molecule has 6 nitrogen and oxygen atoms in total. The molecule has 0 aliphatic heterocycles. The van der Waals surface area contributed by atoms with Gasteiger partial charge in [-0.3, -0.25) is 9.48 Å². The van der Waals surface area contributed by atoms with Gasteiger partial charge in [-0.25, -0.2) is 0 Å². The van der Waals surface area contributed by atoms with Crippen LogP contribution in [0.3, 0.4) is 0 Å². The summed E-state index contributed by atoms with van der Waals surface area (Å²) >= 11 is 33.7. The number of aromatic nitrogens is 2. The van der Waals surface area contributed by atoms with Gasteiger partial charge in [0.2, 0.25) is 0 Å². The number of nitrogens with zero attached hydrogens (tertiary/aromatic N) is 2. The SMILES string of the molecule is CCn1cc(Br)c(CNC(=O)c2ccc(COc3c(Cl)c(Cl)c(Cl)c(Cl)c3Cl)o2)n1. The van der Waals surface area contributed by atoms with Gasteiger partial charge in [0, 0.05) is 12.7 Å². The molecule has 1 N–H and O–H groups in total. The summed E-state index contributed by atoms with van der Waals surface area (Å²) in [6, 6.07) is 3.12. The van der Waals surface area contributed by atoms with E-state index in [0.29, 0.717) is 11.5 Å². The van der Waals surface area contributed by atoms with Gasteiger partial charge in [0.15, 0.2) is 11.5 Å². The average molecular weight is 576 g/mol. The largest absolute Gasteiger partial charge is 0.482 e. The minimum Gasteiger partial charge on any atom is -0.482 e. The molecule has 0 aliphatic carbocycles. The van der Waals surface area contributed by atoms with Crippen LogP contribution in [0.2, 0.25) is 25.1 Å². The molecule has 0 saturated heterocycles. The van der Waals surface area contributed by atoms with E-state index in [1.54, 1.807) is 10.7 Å². The van der Waals surface area contributed by atoms with E-state index in [-0.39, 0.29) is 49.8 Å². The molecule has 2 heterocycles. The summed E-state index contributed by atoms with van der Waals surface area (Å²) in [7, 11) is 0. The smallest absolute Gasteiger partial charge is 0.287 e. The highest BCUT2D eigenvalue weighted by Gasteiger charge is 2.21. The number of benzene rings is 1. The van der Waals surface area contributed by atoms with Crippen LogP contribution in [0.15, 0.2) is 27.2 Å². The number of aryl methyl sites for hydroxylation is 1. The highest BCUT2D eigenvalue weighted by atomic mass is 79.9. The predicted octanol–water partition coefficient (Wildman–Crippen LogP) is 7.03. The van der Waals surface area contributed by atoms with Gasteiger partial charge in [0.1, 0.15) is 22.4 Å². The van der Waals surface area contributed by atoms with Crippen molar-refractivity contribution >= 4 is 79.8 Å². The monoisotopic (exact) mass is 573 g/mol. The van der Waals surface area contributed by atoms with Gasteiger partial charge >= 0.3 is 0 Å². The quantitative estimate of drug-likeness (QED) is 0.242. The van der Waals surface area contributed by atoms with Gasteiger partial charge in [-0.05, 0) is 35.0 Å². The molecule has 160 valence electrons. The molecule has 0 fully saturated rings. The number of rotatable bonds is 7. The van der Waals surface area contributed by atoms with E-state index >= 15 is 0 Å². The molecule has 3 rings (SSSR count). The Morgan fingerprint density at radius 3 is 2.37 bits per heavy atom. The number of carbonyl (C=O) groups is 1. The van der Waals surface area contributed by atoms with Crippen LogP contribution in [-0.2, 0) is 19.7 Å². The number of halogens is 6. The molecule has 0 aliphatic rings. The van der Waals surface area contributed by atoms with Crippen molar-refractivity contribution < 1.29 is 13.9 Å². The zero-order valence-electron chi connectivity index (χ0n) is 15.2. The van der Waals surface area contributed by atoms with Gasteiger partial charge in [-0.15, -0.1) is 0 Å². The van der Waals surface area contributed by atoms with E-state index in [1.165, 1.54) is 6.07 Å². The predicted molar refractivity (Wildman–Crippen MR) is 121 cm³/mol. The Morgan fingerprint density at radius 1 is 1.13 bits per heavy atom. The third kappa shape index (κ3) is 5.03. The number of hydrogen-bond acceptors (Lipinski definition) is 4. The first-order chi connectivity index (χ1) is 14.2. The van der Waals surface area contributed by atoms with Crippen LogP contribution in [0.5, 0.6) is 5.75 Å². The second-order valence-corrected chi connectivity index (χ2v) is 8.66. The maximum absolute atomic E-state index is 12.3. The van der Waals surface area contributed by atoms with Crippen LogP contribution in [0.1, 0.15) is 28.9 Å². The molecule has 0 atom stereocenters. The van der Waals surface area contributed by atoms with Crippen molar-refractivity contribution in [3.63, 3.8) is 0 Å². The van der Waals surface area contributed by atoms with Crippen molar-refractivity contribution in [2.75, 3.05) is 0 Å². The Bertz CT molecular complexity index is 1070. The van der Waals surface area contributed by atoms with Crippen molar-refractivity contribution in [2.45, 2.75) is 26.6 Å². The highest BCUT2D eigenvalue weighted by Crippen LogP contribution is 2.48. The number of hydrogen-bond donors (Lipinski definition) is 1. The fourth-order valence-electron chi connectivity index (χ4n) is 2.40. The summed E-state index contributed by atoms with van der Waals surface area (Å²) in [5, 5.41) is 7.24. The van der Waals surface area contributed by atoms with Crippen LogP contribution >= 0.6 is 73.9 Å². The molecular weight excluding hydrogens is 563 g/mol. The lowest BCUT2D eigenvalue weighted by molar-refractivity contribution is 0.0918. The standard InChI is InChI=1S/C18H13BrCl5N3O3/c1-2-27-6-9(19)10(26-27)5-25-18(28)11-4-3-8(30-11)7-29-17-15(23)13(21)12(20)14(22)16(17)24/h3-4,6H,2,5,7H2,1H3,(H,25,28). The Hall–Kier alpha value is -1.09. The lowest BCUT2D eigenvalue weighted by atomic mass is 10.3. The number of nitrogens with one attached hydrogen (secondary N) is 1. The van der Waals surface area contributed by atoms with Crippen molar-refractivity contribution in [3.05, 3.63) is 65.1 Å². The van der Waals surface area contributed by atoms with E-state index in [0.717, 1.165) is 11.0 Å². The van der Waals surface area contributed by atoms with E-state index in [4.69, 9.17) is 67.2 Å². The minimum absolute atomic E-state index is 0.0256. The fraction of sp³-hybridized carbons (Fsp3) is 0.222. The Labute approximate surface area is 205 Å². The van der Waals surface area contributed by atoms with Crippen LogP contribution in [0, 0.1) is 0 Å². The summed E-state index contributed by atoms with van der Waals surface area (Å²) in [5.41, 5.74) is 0.709. The van der Waals surface area contributed by atoms with Gasteiger partial charge in [0.05, 0.1) is 31.8 Å². The highest BCUT2D eigenvalue weighted by molar-refractivity contribution is 9.10. The molecule has 30 heavy (non-hydrogen) atoms. The zero-order valence-corrected chi connectivity index (χ0v) is 20.6. The number of ether oxygens (including phenoxy) is 1. The summed E-state index contributed by atoms with van der Waals surface area (Å²) < 4.78 is 13.7. The number of amides is 1. The summed E-state index contributed by atoms with van der Waals surface area (Å²) in [4.78, 5) is 12.3. The van der Waals surface area contributed by atoms with Crippen LogP contribution in [0.4, 0.5) is 0 Å². The fourth-order valence-corrected chi connectivity index (χ4v) is 4.09. The average Bonchev–Trinajstić information content (AvgIpc) is 3.35. The second kappa shape index (κ2) is 10.0. The van der Waals surface area contributed by atoms with Crippen molar-refractivity contribution in [1.82, 2.24) is 15.1 Å². The Kier molecular flexibility index (Phi) is 7.87. The van der Waals surface area contributed by atoms with E-state index < -0.39 is 5.91 Å². The maximum atomic E-state index is 12.3. The summed E-state index contributed by atoms with van der Waals surface area (Å²) in [6.45, 7) is 2.88. The first-order valence-electron chi connectivity index (χ1n) is 8.45. The first-order valence-corrected chi connectivity index (χ1v) is 11.1.